The molecule has 0 bridgehead atoms. The number of aromatic nitrogens is 1. The molecule has 3 rings (SSSR count). The van der Waals surface area contributed by atoms with Crippen molar-refractivity contribution in [2.24, 2.45) is 0 Å². The molecule has 1 aromatic heterocycles. The first-order valence-corrected chi connectivity index (χ1v) is 7.92. The Labute approximate surface area is 123 Å². The van der Waals surface area contributed by atoms with Gasteiger partial charge in [-0.2, -0.15) is 0 Å². The van der Waals surface area contributed by atoms with Crippen LogP contribution in [0.4, 0.5) is 5.69 Å². The van der Waals surface area contributed by atoms with Crippen LogP contribution in [0.25, 0.3) is 10.9 Å². The van der Waals surface area contributed by atoms with E-state index in [0.717, 1.165) is 10.9 Å². The molecule has 5 heteroatoms. The van der Waals surface area contributed by atoms with E-state index in [1.54, 1.807) is 49.6 Å². The van der Waals surface area contributed by atoms with Crippen LogP contribution in [0.2, 0.25) is 0 Å². The predicted octanol–water partition coefficient (Wildman–Crippen LogP) is 3.06. The quantitative estimate of drug-likeness (QED) is 0.746. The lowest BCUT2D eigenvalue weighted by Crippen LogP contribution is -2.26. The molecule has 106 valence electrons. The number of pyridine rings is 1. The summed E-state index contributed by atoms with van der Waals surface area (Å²) < 4.78 is 26.4. The number of nitrogens with zero attached hydrogens (tertiary/aromatic N) is 2. The van der Waals surface area contributed by atoms with Crippen molar-refractivity contribution in [1.29, 1.82) is 0 Å². The van der Waals surface area contributed by atoms with Crippen LogP contribution in [0.1, 0.15) is 0 Å². The Balaban J connectivity index is 2.06. The molecule has 0 fully saturated rings. The lowest BCUT2D eigenvalue weighted by Gasteiger charge is -2.19. The molecule has 0 saturated carbocycles. The molecule has 0 amide bonds. The van der Waals surface area contributed by atoms with Crippen LogP contribution < -0.4 is 4.31 Å². The van der Waals surface area contributed by atoms with Crippen molar-refractivity contribution < 1.29 is 8.42 Å². The van der Waals surface area contributed by atoms with Gasteiger partial charge in [0.2, 0.25) is 0 Å². The summed E-state index contributed by atoms with van der Waals surface area (Å²) >= 11 is 0. The van der Waals surface area contributed by atoms with Crippen molar-refractivity contribution in [3.8, 4) is 0 Å². The van der Waals surface area contributed by atoms with E-state index in [4.69, 9.17) is 0 Å². The monoisotopic (exact) mass is 298 g/mol. The van der Waals surface area contributed by atoms with E-state index < -0.39 is 10.0 Å². The summed E-state index contributed by atoms with van der Waals surface area (Å²) in [7, 11) is -1.99. The summed E-state index contributed by atoms with van der Waals surface area (Å²) in [5, 5.41) is 0.908. The van der Waals surface area contributed by atoms with E-state index in [-0.39, 0.29) is 4.90 Å². The zero-order valence-electron chi connectivity index (χ0n) is 11.5. The SMILES string of the molecule is CN(c1ccc2ncccc2c1)S(=O)(=O)c1ccccc1. The van der Waals surface area contributed by atoms with Gasteiger partial charge in [-0.05, 0) is 36.4 Å². The maximum Gasteiger partial charge on any atom is 0.264 e. The van der Waals surface area contributed by atoms with Gasteiger partial charge in [-0.1, -0.05) is 24.3 Å². The van der Waals surface area contributed by atoms with E-state index in [1.165, 1.54) is 4.31 Å². The van der Waals surface area contributed by atoms with Gasteiger partial charge in [0.1, 0.15) is 0 Å². The number of benzene rings is 2. The normalized spacial score (nSPS) is 11.5. The van der Waals surface area contributed by atoms with Crippen LogP contribution >= 0.6 is 0 Å². The Morgan fingerprint density at radius 1 is 0.952 bits per heavy atom. The van der Waals surface area contributed by atoms with Gasteiger partial charge in [0.15, 0.2) is 0 Å². The third kappa shape index (κ3) is 2.48. The number of fused-ring (bicyclic) bond motifs is 1. The Hall–Kier alpha value is -2.40. The van der Waals surface area contributed by atoms with E-state index in [1.807, 2.05) is 24.3 Å². The second-order valence-corrected chi connectivity index (χ2v) is 6.64. The maximum absolute atomic E-state index is 12.6. The molecule has 0 N–H and O–H groups in total. The number of anilines is 1. The van der Waals surface area contributed by atoms with Gasteiger partial charge in [0.25, 0.3) is 10.0 Å². The zero-order valence-corrected chi connectivity index (χ0v) is 12.3. The topological polar surface area (TPSA) is 50.3 Å². The predicted molar refractivity (Wildman–Crippen MR) is 83.8 cm³/mol. The first-order valence-electron chi connectivity index (χ1n) is 6.48. The van der Waals surface area contributed by atoms with Gasteiger partial charge >= 0.3 is 0 Å². The van der Waals surface area contributed by atoms with E-state index in [0.29, 0.717) is 5.69 Å². The zero-order chi connectivity index (χ0) is 14.9. The number of sulfonamides is 1. The van der Waals surface area contributed by atoms with Gasteiger partial charge in [-0.15, -0.1) is 0 Å². The Morgan fingerprint density at radius 2 is 1.71 bits per heavy atom. The van der Waals surface area contributed by atoms with Crippen molar-refractivity contribution in [3.05, 3.63) is 66.9 Å². The summed E-state index contributed by atoms with van der Waals surface area (Å²) in [5.41, 5.74) is 1.45. The van der Waals surface area contributed by atoms with E-state index >= 15 is 0 Å². The Bertz CT molecular complexity index is 877. The third-order valence-corrected chi connectivity index (χ3v) is 5.15. The van der Waals surface area contributed by atoms with Crippen molar-refractivity contribution in [3.63, 3.8) is 0 Å². The fourth-order valence-electron chi connectivity index (χ4n) is 2.15. The van der Waals surface area contributed by atoms with Crippen molar-refractivity contribution in [2.75, 3.05) is 11.4 Å². The second-order valence-electron chi connectivity index (χ2n) is 4.67. The average Bonchev–Trinajstić information content (AvgIpc) is 2.54. The fourth-order valence-corrected chi connectivity index (χ4v) is 3.36. The standard InChI is InChI=1S/C16H14N2O2S/c1-18(21(19,20)15-7-3-2-4-8-15)14-9-10-16-13(12-14)6-5-11-17-16/h2-12H,1H3. The van der Waals surface area contributed by atoms with Crippen LogP contribution in [0.5, 0.6) is 0 Å². The molecule has 0 aliphatic rings. The summed E-state index contributed by atoms with van der Waals surface area (Å²) in [6.07, 6.45) is 1.71. The van der Waals surface area contributed by atoms with Crippen molar-refractivity contribution in [1.82, 2.24) is 4.98 Å². The minimum absolute atomic E-state index is 0.277. The smallest absolute Gasteiger partial charge is 0.264 e. The molecule has 0 aliphatic heterocycles. The minimum Gasteiger partial charge on any atom is -0.269 e. The number of hydrogen-bond donors (Lipinski definition) is 0. The molecule has 0 atom stereocenters. The first-order chi connectivity index (χ1) is 10.1. The lowest BCUT2D eigenvalue weighted by molar-refractivity contribution is 0.594. The fraction of sp³-hybridized carbons (Fsp3) is 0.0625. The highest BCUT2D eigenvalue weighted by Crippen LogP contribution is 2.24. The highest BCUT2D eigenvalue weighted by molar-refractivity contribution is 7.92. The summed E-state index contributed by atoms with van der Waals surface area (Å²) in [5.74, 6) is 0. The highest BCUT2D eigenvalue weighted by atomic mass is 32.2. The van der Waals surface area contributed by atoms with Gasteiger partial charge < -0.3 is 0 Å². The highest BCUT2D eigenvalue weighted by Gasteiger charge is 2.20. The number of rotatable bonds is 3. The molecular weight excluding hydrogens is 284 g/mol. The molecule has 0 aliphatic carbocycles. The molecule has 3 aromatic rings. The molecule has 0 saturated heterocycles. The largest absolute Gasteiger partial charge is 0.269 e. The molecule has 2 aromatic carbocycles. The summed E-state index contributed by atoms with van der Waals surface area (Å²) in [6.45, 7) is 0. The van der Waals surface area contributed by atoms with Gasteiger partial charge in [0.05, 0.1) is 16.1 Å². The maximum atomic E-state index is 12.6. The van der Waals surface area contributed by atoms with Crippen LogP contribution in [0, 0.1) is 0 Å². The van der Waals surface area contributed by atoms with Crippen LogP contribution in [0.3, 0.4) is 0 Å². The van der Waals surface area contributed by atoms with Crippen LogP contribution in [-0.2, 0) is 10.0 Å². The van der Waals surface area contributed by atoms with Gasteiger partial charge in [0, 0.05) is 18.6 Å². The summed E-state index contributed by atoms with van der Waals surface area (Å²) in [4.78, 5) is 4.51. The van der Waals surface area contributed by atoms with E-state index in [9.17, 15) is 8.42 Å². The Morgan fingerprint density at radius 3 is 2.48 bits per heavy atom. The number of hydrogen-bond acceptors (Lipinski definition) is 3. The lowest BCUT2D eigenvalue weighted by atomic mass is 10.2. The average molecular weight is 298 g/mol. The molecule has 21 heavy (non-hydrogen) atoms. The second kappa shape index (κ2) is 5.18. The molecular formula is C16H14N2O2S. The Kier molecular flexibility index (Phi) is 3.35. The van der Waals surface area contributed by atoms with Crippen LogP contribution in [0.15, 0.2) is 71.8 Å². The summed E-state index contributed by atoms with van der Waals surface area (Å²) in [6, 6.07) is 17.5. The molecule has 1 heterocycles. The molecule has 0 radical (unpaired) electrons. The first kappa shape index (κ1) is 13.6. The molecule has 4 nitrogen and oxygen atoms in total. The molecule has 0 spiro atoms. The van der Waals surface area contributed by atoms with Gasteiger partial charge in [-0.25, -0.2) is 8.42 Å². The van der Waals surface area contributed by atoms with Crippen molar-refractivity contribution in [2.45, 2.75) is 4.90 Å². The van der Waals surface area contributed by atoms with Crippen molar-refractivity contribution >= 4 is 26.6 Å². The minimum atomic E-state index is -3.55. The van der Waals surface area contributed by atoms with E-state index in [2.05, 4.69) is 4.98 Å². The molecule has 0 unspecified atom stereocenters. The van der Waals surface area contributed by atoms with Crippen LogP contribution in [-0.4, -0.2) is 20.4 Å². The third-order valence-electron chi connectivity index (χ3n) is 3.35. The van der Waals surface area contributed by atoms with Gasteiger partial charge in [-0.3, -0.25) is 9.29 Å².